The van der Waals surface area contributed by atoms with E-state index < -0.39 is 6.10 Å². The highest BCUT2D eigenvalue weighted by Crippen LogP contribution is 2.50. The number of fused-ring (bicyclic) bond motifs is 1. The van der Waals surface area contributed by atoms with Crippen LogP contribution in [0.15, 0.2) is 0 Å². The van der Waals surface area contributed by atoms with Crippen LogP contribution in [0.1, 0.15) is 13.3 Å². The molecule has 2 saturated carbocycles. The van der Waals surface area contributed by atoms with Crippen LogP contribution in [0.2, 0.25) is 0 Å². The highest BCUT2D eigenvalue weighted by atomic mass is 16.5. The summed E-state index contributed by atoms with van der Waals surface area (Å²) in [6.07, 6.45) is 0.208. The van der Waals surface area contributed by atoms with Crippen molar-refractivity contribution in [1.82, 2.24) is 0 Å². The third-order valence-corrected chi connectivity index (χ3v) is 3.21. The van der Waals surface area contributed by atoms with Gasteiger partial charge in [0.15, 0.2) is 5.78 Å². The van der Waals surface area contributed by atoms with E-state index in [2.05, 4.69) is 0 Å². The van der Waals surface area contributed by atoms with Crippen LogP contribution in [-0.4, -0.2) is 30.2 Å². The zero-order valence-corrected chi connectivity index (χ0v) is 7.36. The second kappa shape index (κ2) is 2.54. The van der Waals surface area contributed by atoms with Gasteiger partial charge < -0.3 is 9.84 Å². The number of hydrogen-bond acceptors (Lipinski definition) is 3. The van der Waals surface area contributed by atoms with Crippen LogP contribution < -0.4 is 0 Å². The number of carbonyl (C=O) groups is 1. The van der Waals surface area contributed by atoms with Crippen LogP contribution >= 0.6 is 0 Å². The Balaban J connectivity index is 2.16. The largest absolute Gasteiger partial charge is 0.385 e. The predicted molar refractivity (Wildman–Crippen MR) is 42.6 cm³/mol. The molecule has 0 spiro atoms. The minimum Gasteiger partial charge on any atom is -0.385 e. The summed E-state index contributed by atoms with van der Waals surface area (Å²) in [5, 5.41) is 9.52. The Labute approximate surface area is 71.7 Å². The standard InChI is InChI=1S/C9H14O3/c1-4-7(10)8(11)5-3-6(5)9(4)12-2/h4-7,9-10H,3H2,1-2H3. The van der Waals surface area contributed by atoms with Crippen molar-refractivity contribution in [2.75, 3.05) is 7.11 Å². The molecule has 3 nitrogen and oxygen atoms in total. The van der Waals surface area contributed by atoms with Gasteiger partial charge in [0.1, 0.15) is 6.10 Å². The van der Waals surface area contributed by atoms with Gasteiger partial charge in [0.2, 0.25) is 0 Å². The number of carbonyl (C=O) groups excluding carboxylic acids is 1. The van der Waals surface area contributed by atoms with Gasteiger partial charge in [-0.1, -0.05) is 6.92 Å². The van der Waals surface area contributed by atoms with Gasteiger partial charge in [-0.2, -0.15) is 0 Å². The highest BCUT2D eigenvalue weighted by molar-refractivity contribution is 5.89. The molecule has 0 bridgehead atoms. The fourth-order valence-corrected chi connectivity index (χ4v) is 2.34. The van der Waals surface area contributed by atoms with Crippen molar-refractivity contribution >= 4 is 5.78 Å². The van der Waals surface area contributed by atoms with Gasteiger partial charge in [0, 0.05) is 18.9 Å². The lowest BCUT2D eigenvalue weighted by atomic mass is 9.84. The summed E-state index contributed by atoms with van der Waals surface area (Å²) < 4.78 is 5.26. The van der Waals surface area contributed by atoms with Crippen molar-refractivity contribution in [1.29, 1.82) is 0 Å². The molecular weight excluding hydrogens is 156 g/mol. The summed E-state index contributed by atoms with van der Waals surface area (Å²) in [7, 11) is 1.65. The van der Waals surface area contributed by atoms with Gasteiger partial charge in [-0.3, -0.25) is 4.79 Å². The molecule has 2 rings (SSSR count). The van der Waals surface area contributed by atoms with Crippen molar-refractivity contribution in [2.45, 2.75) is 25.6 Å². The molecule has 0 radical (unpaired) electrons. The minimum atomic E-state index is -0.793. The van der Waals surface area contributed by atoms with Gasteiger partial charge >= 0.3 is 0 Å². The summed E-state index contributed by atoms with van der Waals surface area (Å²) >= 11 is 0. The van der Waals surface area contributed by atoms with Crippen molar-refractivity contribution < 1.29 is 14.6 Å². The van der Waals surface area contributed by atoms with Crippen LogP contribution in [0.25, 0.3) is 0 Å². The Morgan fingerprint density at radius 3 is 2.83 bits per heavy atom. The van der Waals surface area contributed by atoms with E-state index in [1.807, 2.05) is 6.92 Å². The van der Waals surface area contributed by atoms with E-state index in [1.165, 1.54) is 0 Å². The molecule has 0 amide bonds. The molecule has 0 aromatic rings. The molecule has 0 saturated heterocycles. The topological polar surface area (TPSA) is 46.5 Å². The number of aliphatic hydroxyl groups is 1. The Kier molecular flexibility index (Phi) is 1.73. The average molecular weight is 170 g/mol. The number of methoxy groups -OCH3 is 1. The fraction of sp³-hybridized carbons (Fsp3) is 0.889. The number of hydrogen-bond donors (Lipinski definition) is 1. The van der Waals surface area contributed by atoms with Crippen molar-refractivity contribution in [3.63, 3.8) is 0 Å². The third kappa shape index (κ3) is 0.930. The molecule has 12 heavy (non-hydrogen) atoms. The van der Waals surface area contributed by atoms with Crippen LogP contribution in [-0.2, 0) is 9.53 Å². The molecule has 3 heteroatoms. The Morgan fingerprint density at radius 1 is 1.58 bits per heavy atom. The summed E-state index contributed by atoms with van der Waals surface area (Å²) in [6, 6.07) is 0. The molecule has 1 N–H and O–H groups in total. The van der Waals surface area contributed by atoms with Gasteiger partial charge in [0.25, 0.3) is 0 Å². The number of rotatable bonds is 1. The second-order valence-electron chi connectivity index (χ2n) is 3.91. The zero-order valence-electron chi connectivity index (χ0n) is 7.36. The van der Waals surface area contributed by atoms with Gasteiger partial charge in [-0.15, -0.1) is 0 Å². The quantitative estimate of drug-likeness (QED) is 0.612. The Hall–Kier alpha value is -0.410. The first-order chi connectivity index (χ1) is 5.66. The molecule has 0 aromatic heterocycles. The molecule has 68 valence electrons. The normalized spacial score (nSPS) is 51.9. The second-order valence-corrected chi connectivity index (χ2v) is 3.91. The summed E-state index contributed by atoms with van der Waals surface area (Å²) in [6.45, 7) is 1.88. The van der Waals surface area contributed by atoms with Crippen LogP contribution in [0.4, 0.5) is 0 Å². The lowest BCUT2D eigenvalue weighted by Crippen LogP contribution is -2.43. The minimum absolute atomic E-state index is 0.0285. The van der Waals surface area contributed by atoms with E-state index in [0.29, 0.717) is 5.92 Å². The molecule has 0 aliphatic heterocycles. The van der Waals surface area contributed by atoms with E-state index in [1.54, 1.807) is 7.11 Å². The first kappa shape index (κ1) is 8.20. The van der Waals surface area contributed by atoms with Gasteiger partial charge in [0.05, 0.1) is 6.10 Å². The van der Waals surface area contributed by atoms with Crippen LogP contribution in [0.5, 0.6) is 0 Å². The molecule has 2 fully saturated rings. The predicted octanol–water partition coefficient (Wildman–Crippen LogP) is 0.217. The Morgan fingerprint density at radius 2 is 2.25 bits per heavy atom. The molecule has 0 heterocycles. The number of Topliss-reactive ketones (excluding diaryl/α,β-unsaturated/α-hetero) is 1. The SMILES string of the molecule is COC1C(C)C(O)C(=O)C2CC21. The van der Waals surface area contributed by atoms with E-state index in [0.717, 1.165) is 6.42 Å². The summed E-state index contributed by atoms with van der Waals surface area (Å²) in [5.74, 6) is 0.481. The molecule has 2 aliphatic rings. The molecule has 5 atom stereocenters. The maximum absolute atomic E-state index is 11.3. The zero-order chi connectivity index (χ0) is 8.88. The van der Waals surface area contributed by atoms with E-state index in [4.69, 9.17) is 4.74 Å². The average Bonchev–Trinajstić information content (AvgIpc) is 2.81. The summed E-state index contributed by atoms with van der Waals surface area (Å²) in [5.41, 5.74) is 0. The molecule has 2 aliphatic carbocycles. The summed E-state index contributed by atoms with van der Waals surface area (Å²) in [4.78, 5) is 11.3. The molecule has 0 aromatic carbocycles. The first-order valence-corrected chi connectivity index (χ1v) is 4.41. The highest BCUT2D eigenvalue weighted by Gasteiger charge is 2.57. The monoisotopic (exact) mass is 170 g/mol. The fourth-order valence-electron chi connectivity index (χ4n) is 2.34. The number of ether oxygens (including phenoxy) is 1. The molecular formula is C9H14O3. The Bertz CT molecular complexity index is 214. The third-order valence-electron chi connectivity index (χ3n) is 3.21. The maximum Gasteiger partial charge on any atom is 0.165 e. The van der Waals surface area contributed by atoms with Crippen molar-refractivity contribution in [3.05, 3.63) is 0 Å². The van der Waals surface area contributed by atoms with Crippen molar-refractivity contribution in [3.8, 4) is 0 Å². The maximum atomic E-state index is 11.3. The van der Waals surface area contributed by atoms with E-state index >= 15 is 0 Å². The molecule has 5 unspecified atom stereocenters. The van der Waals surface area contributed by atoms with E-state index in [-0.39, 0.29) is 23.7 Å². The first-order valence-electron chi connectivity index (χ1n) is 4.41. The van der Waals surface area contributed by atoms with Crippen molar-refractivity contribution in [2.24, 2.45) is 17.8 Å². The van der Waals surface area contributed by atoms with Crippen LogP contribution in [0.3, 0.4) is 0 Å². The lowest BCUT2D eigenvalue weighted by Gasteiger charge is -2.30. The smallest absolute Gasteiger partial charge is 0.165 e. The van der Waals surface area contributed by atoms with Crippen LogP contribution in [0, 0.1) is 17.8 Å². The van der Waals surface area contributed by atoms with E-state index in [9.17, 15) is 9.90 Å². The number of ketones is 1. The number of aliphatic hydroxyl groups excluding tert-OH is 1. The van der Waals surface area contributed by atoms with Gasteiger partial charge in [-0.05, 0) is 12.3 Å². The van der Waals surface area contributed by atoms with Gasteiger partial charge in [-0.25, -0.2) is 0 Å². The lowest BCUT2D eigenvalue weighted by molar-refractivity contribution is -0.140.